The predicted molar refractivity (Wildman–Crippen MR) is 125 cm³/mol. The number of para-hydroxylation sites is 1. The highest BCUT2D eigenvalue weighted by atomic mass is 15.1. The van der Waals surface area contributed by atoms with Gasteiger partial charge in [0, 0.05) is 23.6 Å². The summed E-state index contributed by atoms with van der Waals surface area (Å²) < 4.78 is 2.47. The average molecular weight is 389 g/mol. The van der Waals surface area contributed by atoms with Crippen LogP contribution in [0.4, 0.5) is 0 Å². The summed E-state index contributed by atoms with van der Waals surface area (Å²) in [6.45, 7) is 7.20. The van der Waals surface area contributed by atoms with Gasteiger partial charge in [-0.2, -0.15) is 0 Å². The highest BCUT2D eigenvalue weighted by molar-refractivity contribution is 5.83. The Morgan fingerprint density at radius 1 is 0.828 bits per heavy atom. The third-order valence-corrected chi connectivity index (χ3v) is 6.65. The maximum absolute atomic E-state index is 2.68. The average Bonchev–Trinajstić information content (AvgIpc) is 3.14. The van der Waals surface area contributed by atoms with Crippen molar-refractivity contribution in [1.82, 2.24) is 9.47 Å². The van der Waals surface area contributed by atoms with Gasteiger partial charge in [0.2, 0.25) is 0 Å². The molecule has 0 bridgehead atoms. The largest absolute Gasteiger partial charge is 0.347 e. The van der Waals surface area contributed by atoms with Gasteiger partial charge in [0.1, 0.15) is 0 Å². The van der Waals surface area contributed by atoms with Crippen LogP contribution in [0.15, 0.2) is 60.8 Å². The molecular weight excluding hydrogens is 352 g/mol. The van der Waals surface area contributed by atoms with Crippen LogP contribution in [0.1, 0.15) is 62.5 Å². The first-order chi connectivity index (χ1) is 14.3. The van der Waals surface area contributed by atoms with Gasteiger partial charge in [-0.15, -0.1) is 0 Å². The van der Waals surface area contributed by atoms with Gasteiger partial charge < -0.3 is 9.47 Å². The molecule has 29 heavy (non-hydrogen) atoms. The molecule has 1 aromatic heterocycles. The van der Waals surface area contributed by atoms with E-state index in [0.717, 1.165) is 12.5 Å². The zero-order valence-corrected chi connectivity index (χ0v) is 18.0. The molecule has 2 heteroatoms. The first kappa shape index (κ1) is 20.2. The lowest BCUT2D eigenvalue weighted by Crippen LogP contribution is -2.33. The van der Waals surface area contributed by atoms with Crippen LogP contribution < -0.4 is 0 Å². The molecule has 0 radical (unpaired) electrons. The molecule has 2 heterocycles. The van der Waals surface area contributed by atoms with Crippen LogP contribution in [0.3, 0.4) is 0 Å². The maximum Gasteiger partial charge on any atom is 0.0483 e. The van der Waals surface area contributed by atoms with E-state index >= 15 is 0 Å². The normalized spacial score (nSPS) is 15.9. The topological polar surface area (TPSA) is 8.17 Å². The second kappa shape index (κ2) is 10.1. The number of benzene rings is 2. The van der Waals surface area contributed by atoms with Crippen molar-refractivity contribution in [2.45, 2.75) is 64.3 Å². The van der Waals surface area contributed by atoms with E-state index < -0.39 is 0 Å². The second-order valence-corrected chi connectivity index (χ2v) is 8.70. The molecule has 0 spiro atoms. The van der Waals surface area contributed by atoms with Crippen molar-refractivity contribution >= 4 is 10.9 Å². The Morgan fingerprint density at radius 2 is 1.59 bits per heavy atom. The number of piperidine rings is 1. The van der Waals surface area contributed by atoms with Crippen LogP contribution in [-0.2, 0) is 13.0 Å². The summed E-state index contributed by atoms with van der Waals surface area (Å²) in [6, 6.07) is 20.0. The lowest BCUT2D eigenvalue weighted by molar-refractivity contribution is 0.209. The van der Waals surface area contributed by atoms with Crippen LogP contribution in [0.2, 0.25) is 0 Å². The Morgan fingerprint density at radius 3 is 2.38 bits per heavy atom. The maximum atomic E-state index is 2.68. The SMILES string of the molecule is CCCCn1cc(CCCCN2CCC(c3ccccc3)CC2)c2ccccc21. The van der Waals surface area contributed by atoms with Gasteiger partial charge in [0.15, 0.2) is 0 Å². The molecule has 0 atom stereocenters. The number of fused-ring (bicyclic) bond motifs is 1. The van der Waals surface area contributed by atoms with E-state index in [1.165, 1.54) is 81.0 Å². The first-order valence-electron chi connectivity index (χ1n) is 11.7. The minimum Gasteiger partial charge on any atom is -0.347 e. The summed E-state index contributed by atoms with van der Waals surface area (Å²) in [6.07, 6.45) is 11.4. The third kappa shape index (κ3) is 5.11. The summed E-state index contributed by atoms with van der Waals surface area (Å²) in [5.41, 5.74) is 4.49. The Labute approximate surface area is 176 Å². The first-order valence-corrected chi connectivity index (χ1v) is 11.7. The van der Waals surface area contributed by atoms with Gasteiger partial charge in [-0.25, -0.2) is 0 Å². The molecule has 2 aromatic carbocycles. The zero-order valence-electron chi connectivity index (χ0n) is 18.0. The molecule has 0 aliphatic carbocycles. The van der Waals surface area contributed by atoms with E-state index in [9.17, 15) is 0 Å². The van der Waals surface area contributed by atoms with Gasteiger partial charge in [0.25, 0.3) is 0 Å². The van der Waals surface area contributed by atoms with Gasteiger partial charge in [-0.3, -0.25) is 0 Å². The number of hydrogen-bond acceptors (Lipinski definition) is 1. The molecule has 0 unspecified atom stereocenters. The molecule has 2 nitrogen and oxygen atoms in total. The molecule has 1 aliphatic heterocycles. The van der Waals surface area contributed by atoms with Crippen molar-refractivity contribution in [2.75, 3.05) is 19.6 Å². The number of aromatic nitrogens is 1. The van der Waals surface area contributed by atoms with E-state index in [4.69, 9.17) is 0 Å². The van der Waals surface area contributed by atoms with Gasteiger partial charge >= 0.3 is 0 Å². The minimum absolute atomic E-state index is 0.765. The molecule has 1 fully saturated rings. The molecule has 0 amide bonds. The van der Waals surface area contributed by atoms with Gasteiger partial charge in [0.05, 0.1) is 0 Å². The summed E-state index contributed by atoms with van der Waals surface area (Å²) in [7, 11) is 0. The number of likely N-dealkylation sites (tertiary alicyclic amines) is 1. The van der Waals surface area contributed by atoms with Crippen molar-refractivity contribution in [3.8, 4) is 0 Å². The molecule has 1 saturated heterocycles. The highest BCUT2D eigenvalue weighted by Gasteiger charge is 2.19. The van der Waals surface area contributed by atoms with Crippen LogP contribution >= 0.6 is 0 Å². The Kier molecular flexibility index (Phi) is 7.05. The zero-order chi connectivity index (χ0) is 19.9. The van der Waals surface area contributed by atoms with E-state index in [-0.39, 0.29) is 0 Å². The number of hydrogen-bond donors (Lipinski definition) is 0. The number of nitrogens with zero attached hydrogens (tertiary/aromatic N) is 2. The van der Waals surface area contributed by atoms with Crippen molar-refractivity contribution in [2.24, 2.45) is 0 Å². The molecule has 154 valence electrons. The van der Waals surface area contributed by atoms with E-state index in [1.54, 1.807) is 5.56 Å². The van der Waals surface area contributed by atoms with E-state index in [1.807, 2.05) is 0 Å². The smallest absolute Gasteiger partial charge is 0.0483 e. The summed E-state index contributed by atoms with van der Waals surface area (Å²) in [5, 5.41) is 1.47. The second-order valence-electron chi connectivity index (χ2n) is 8.70. The van der Waals surface area contributed by atoms with Crippen molar-refractivity contribution in [1.29, 1.82) is 0 Å². The minimum atomic E-state index is 0.765. The Balaban J connectivity index is 1.24. The Bertz CT molecular complexity index is 872. The molecule has 0 saturated carbocycles. The molecule has 1 aliphatic rings. The van der Waals surface area contributed by atoms with Crippen LogP contribution in [0.25, 0.3) is 10.9 Å². The lowest BCUT2D eigenvalue weighted by atomic mass is 9.89. The number of unbranched alkanes of at least 4 members (excludes halogenated alkanes) is 2. The van der Waals surface area contributed by atoms with Crippen molar-refractivity contribution in [3.63, 3.8) is 0 Å². The highest BCUT2D eigenvalue weighted by Crippen LogP contribution is 2.28. The fraction of sp³-hybridized carbons (Fsp3) is 0.481. The standard InChI is InChI=1S/C27H36N2/c1-2-3-19-29-22-25(26-14-7-8-15-27(26)29)13-9-10-18-28-20-16-24(17-21-28)23-11-5-4-6-12-23/h4-8,11-12,14-15,22,24H,2-3,9-10,13,16-21H2,1H3. The number of rotatable bonds is 9. The summed E-state index contributed by atoms with van der Waals surface area (Å²) in [4.78, 5) is 2.68. The molecular formula is C27H36N2. The molecule has 3 aromatic rings. The summed E-state index contributed by atoms with van der Waals surface area (Å²) in [5.74, 6) is 0.765. The van der Waals surface area contributed by atoms with E-state index in [0.29, 0.717) is 0 Å². The molecule has 4 rings (SSSR count). The fourth-order valence-corrected chi connectivity index (χ4v) is 4.90. The quantitative estimate of drug-likeness (QED) is 0.373. The summed E-state index contributed by atoms with van der Waals surface area (Å²) >= 11 is 0. The number of aryl methyl sites for hydroxylation is 2. The van der Waals surface area contributed by atoms with Crippen LogP contribution in [0, 0.1) is 0 Å². The third-order valence-electron chi connectivity index (χ3n) is 6.65. The van der Waals surface area contributed by atoms with Gasteiger partial charge in [-0.1, -0.05) is 61.9 Å². The molecule has 0 N–H and O–H groups in total. The van der Waals surface area contributed by atoms with Crippen LogP contribution in [-0.4, -0.2) is 29.1 Å². The Hall–Kier alpha value is -2.06. The lowest BCUT2D eigenvalue weighted by Gasteiger charge is -2.32. The fourth-order valence-electron chi connectivity index (χ4n) is 4.90. The van der Waals surface area contributed by atoms with Crippen molar-refractivity contribution < 1.29 is 0 Å². The van der Waals surface area contributed by atoms with Crippen molar-refractivity contribution in [3.05, 3.63) is 71.9 Å². The monoisotopic (exact) mass is 388 g/mol. The van der Waals surface area contributed by atoms with Crippen LogP contribution in [0.5, 0.6) is 0 Å². The van der Waals surface area contributed by atoms with Gasteiger partial charge in [-0.05, 0) is 81.3 Å². The van der Waals surface area contributed by atoms with E-state index in [2.05, 4.69) is 77.2 Å². The predicted octanol–water partition coefficient (Wildman–Crippen LogP) is 6.64.